The van der Waals surface area contributed by atoms with Gasteiger partial charge in [-0.1, -0.05) is 12.8 Å². The maximum atomic E-state index is 5.66. The third-order valence-corrected chi connectivity index (χ3v) is 4.87. The van der Waals surface area contributed by atoms with Crippen LogP contribution < -0.4 is 10.6 Å². The number of hydrogen-bond donors (Lipinski definition) is 2. The van der Waals surface area contributed by atoms with E-state index in [1.807, 2.05) is 0 Å². The average Bonchev–Trinajstić information content (AvgIpc) is 3.37. The molecule has 24 heavy (non-hydrogen) atoms. The van der Waals surface area contributed by atoms with Crippen LogP contribution in [0.25, 0.3) is 0 Å². The maximum absolute atomic E-state index is 5.66. The molecule has 2 aliphatic rings. The van der Waals surface area contributed by atoms with Gasteiger partial charge in [-0.05, 0) is 52.4 Å². The number of guanidine groups is 1. The van der Waals surface area contributed by atoms with Gasteiger partial charge in [0.05, 0.1) is 12.7 Å². The van der Waals surface area contributed by atoms with Crippen molar-refractivity contribution in [3.05, 3.63) is 0 Å². The van der Waals surface area contributed by atoms with E-state index in [4.69, 9.17) is 9.73 Å². The van der Waals surface area contributed by atoms with Gasteiger partial charge in [0.2, 0.25) is 0 Å². The summed E-state index contributed by atoms with van der Waals surface area (Å²) >= 11 is 0. The highest BCUT2D eigenvalue weighted by Crippen LogP contribution is 2.33. The fourth-order valence-electron chi connectivity index (χ4n) is 3.21. The molecule has 0 spiro atoms. The first-order valence-corrected chi connectivity index (χ1v) is 10.1. The second kappa shape index (κ2) is 10.9. The van der Waals surface area contributed by atoms with Crippen LogP contribution in [0, 0.1) is 5.92 Å². The highest BCUT2D eigenvalue weighted by atomic mass is 16.5. The summed E-state index contributed by atoms with van der Waals surface area (Å²) in [5.41, 5.74) is 0. The molecule has 2 rings (SSSR count). The zero-order valence-electron chi connectivity index (χ0n) is 16.0. The fraction of sp³-hybridized carbons (Fsp3) is 0.947. The summed E-state index contributed by atoms with van der Waals surface area (Å²) in [6.07, 6.45) is 8.20. The molecule has 0 unspecified atom stereocenters. The SMILES string of the molecule is CCNC(=NCCCC1CC1)NC1CCN(CCOC(C)C)CC1. The predicted octanol–water partition coefficient (Wildman–Crippen LogP) is 2.62. The Morgan fingerprint density at radius 1 is 1.21 bits per heavy atom. The van der Waals surface area contributed by atoms with Gasteiger partial charge in [-0.3, -0.25) is 4.99 Å². The molecule has 1 heterocycles. The standard InChI is InChI=1S/C19H38N4O/c1-4-20-19(21-11-5-6-17-7-8-17)22-18-9-12-23(13-10-18)14-15-24-16(2)3/h16-18H,4-15H2,1-3H3,(H2,20,21,22). The summed E-state index contributed by atoms with van der Waals surface area (Å²) in [6, 6.07) is 0.550. The molecule has 0 radical (unpaired) electrons. The molecule has 5 heteroatoms. The van der Waals surface area contributed by atoms with Gasteiger partial charge in [0, 0.05) is 38.8 Å². The van der Waals surface area contributed by atoms with E-state index in [1.165, 1.54) is 38.5 Å². The minimum absolute atomic E-state index is 0.336. The molecule has 0 aromatic carbocycles. The maximum Gasteiger partial charge on any atom is 0.191 e. The number of piperidine rings is 1. The van der Waals surface area contributed by atoms with Crippen LogP contribution in [0.1, 0.15) is 59.3 Å². The summed E-state index contributed by atoms with van der Waals surface area (Å²) in [4.78, 5) is 7.27. The minimum atomic E-state index is 0.336. The molecule has 0 atom stereocenters. The summed E-state index contributed by atoms with van der Waals surface area (Å²) < 4.78 is 5.66. The lowest BCUT2D eigenvalue weighted by atomic mass is 10.1. The molecule has 140 valence electrons. The average molecular weight is 339 g/mol. The van der Waals surface area contributed by atoms with E-state index >= 15 is 0 Å². The van der Waals surface area contributed by atoms with Gasteiger partial charge in [0.1, 0.15) is 0 Å². The van der Waals surface area contributed by atoms with Crippen LogP contribution in [0.4, 0.5) is 0 Å². The molecular weight excluding hydrogens is 300 g/mol. The summed E-state index contributed by atoms with van der Waals surface area (Å²) in [7, 11) is 0. The molecule has 1 aliphatic carbocycles. The number of likely N-dealkylation sites (tertiary alicyclic amines) is 1. The van der Waals surface area contributed by atoms with Crippen molar-refractivity contribution < 1.29 is 4.74 Å². The Kier molecular flexibility index (Phi) is 8.89. The van der Waals surface area contributed by atoms with Crippen molar-refractivity contribution in [1.82, 2.24) is 15.5 Å². The van der Waals surface area contributed by atoms with Gasteiger partial charge in [-0.2, -0.15) is 0 Å². The van der Waals surface area contributed by atoms with Crippen LogP contribution >= 0.6 is 0 Å². The Hall–Kier alpha value is -0.810. The lowest BCUT2D eigenvalue weighted by Gasteiger charge is -2.33. The van der Waals surface area contributed by atoms with Crippen molar-refractivity contribution in [3.8, 4) is 0 Å². The quantitative estimate of drug-likeness (QED) is 0.365. The number of aliphatic imine (C=N–C) groups is 1. The summed E-state index contributed by atoms with van der Waals surface area (Å²) in [5, 5.41) is 7.03. The molecule has 0 amide bonds. The molecule has 0 aromatic rings. The molecule has 0 bridgehead atoms. The smallest absolute Gasteiger partial charge is 0.191 e. The van der Waals surface area contributed by atoms with Crippen LogP contribution in [0.15, 0.2) is 4.99 Å². The minimum Gasteiger partial charge on any atom is -0.377 e. The van der Waals surface area contributed by atoms with E-state index in [2.05, 4.69) is 36.3 Å². The Morgan fingerprint density at radius 2 is 1.96 bits per heavy atom. The zero-order chi connectivity index (χ0) is 17.2. The van der Waals surface area contributed by atoms with E-state index in [1.54, 1.807) is 0 Å². The lowest BCUT2D eigenvalue weighted by molar-refractivity contribution is 0.0532. The molecule has 2 fully saturated rings. The number of ether oxygens (including phenoxy) is 1. The molecule has 1 saturated heterocycles. The third kappa shape index (κ3) is 8.34. The normalized spacial score (nSPS) is 20.6. The number of rotatable bonds is 10. The van der Waals surface area contributed by atoms with Crippen molar-refractivity contribution in [1.29, 1.82) is 0 Å². The Bertz CT molecular complexity index is 360. The van der Waals surface area contributed by atoms with Gasteiger partial charge in [0.15, 0.2) is 5.96 Å². The van der Waals surface area contributed by atoms with Gasteiger partial charge in [-0.15, -0.1) is 0 Å². The second-order valence-electron chi connectivity index (χ2n) is 7.53. The van der Waals surface area contributed by atoms with Gasteiger partial charge in [-0.25, -0.2) is 0 Å². The largest absolute Gasteiger partial charge is 0.377 e. The van der Waals surface area contributed by atoms with Gasteiger partial charge >= 0.3 is 0 Å². The molecule has 1 aliphatic heterocycles. The lowest BCUT2D eigenvalue weighted by Crippen LogP contribution is -2.49. The topological polar surface area (TPSA) is 48.9 Å². The van der Waals surface area contributed by atoms with Crippen LogP contribution in [0.3, 0.4) is 0 Å². The number of nitrogens with one attached hydrogen (secondary N) is 2. The van der Waals surface area contributed by atoms with E-state index in [0.717, 1.165) is 51.2 Å². The predicted molar refractivity (Wildman–Crippen MR) is 102 cm³/mol. The van der Waals surface area contributed by atoms with Crippen LogP contribution in [-0.4, -0.2) is 62.3 Å². The molecular formula is C19H38N4O. The first kappa shape index (κ1) is 19.5. The van der Waals surface area contributed by atoms with Crippen molar-refractivity contribution >= 4 is 5.96 Å². The zero-order valence-corrected chi connectivity index (χ0v) is 16.0. The monoisotopic (exact) mass is 338 g/mol. The summed E-state index contributed by atoms with van der Waals surface area (Å²) in [6.45, 7) is 12.4. The first-order valence-electron chi connectivity index (χ1n) is 10.1. The Balaban J connectivity index is 1.62. The van der Waals surface area contributed by atoms with E-state index in [9.17, 15) is 0 Å². The van der Waals surface area contributed by atoms with Crippen LogP contribution in [-0.2, 0) is 4.74 Å². The van der Waals surface area contributed by atoms with Crippen LogP contribution in [0.5, 0.6) is 0 Å². The second-order valence-corrected chi connectivity index (χ2v) is 7.53. The van der Waals surface area contributed by atoms with Crippen molar-refractivity contribution in [2.45, 2.75) is 71.4 Å². The van der Waals surface area contributed by atoms with E-state index < -0.39 is 0 Å². The Labute approximate surface area is 148 Å². The number of nitrogens with zero attached hydrogens (tertiary/aromatic N) is 2. The van der Waals surface area contributed by atoms with E-state index in [0.29, 0.717) is 12.1 Å². The molecule has 1 saturated carbocycles. The highest BCUT2D eigenvalue weighted by molar-refractivity contribution is 5.80. The Morgan fingerprint density at radius 3 is 2.58 bits per heavy atom. The number of hydrogen-bond acceptors (Lipinski definition) is 3. The molecule has 0 aromatic heterocycles. The molecule has 5 nitrogen and oxygen atoms in total. The third-order valence-electron chi connectivity index (χ3n) is 4.87. The van der Waals surface area contributed by atoms with Crippen LogP contribution in [0.2, 0.25) is 0 Å². The van der Waals surface area contributed by atoms with Gasteiger partial charge in [0.25, 0.3) is 0 Å². The first-order chi connectivity index (χ1) is 11.7. The van der Waals surface area contributed by atoms with Crippen molar-refractivity contribution in [3.63, 3.8) is 0 Å². The van der Waals surface area contributed by atoms with E-state index in [-0.39, 0.29) is 0 Å². The van der Waals surface area contributed by atoms with Gasteiger partial charge < -0.3 is 20.3 Å². The fourth-order valence-corrected chi connectivity index (χ4v) is 3.21. The van der Waals surface area contributed by atoms with Crippen molar-refractivity contribution in [2.24, 2.45) is 10.9 Å². The summed E-state index contributed by atoms with van der Waals surface area (Å²) in [5.74, 6) is 2.02. The highest BCUT2D eigenvalue weighted by Gasteiger charge is 2.21. The van der Waals surface area contributed by atoms with Crippen molar-refractivity contribution in [2.75, 3.05) is 39.3 Å². The molecule has 2 N–H and O–H groups in total.